The van der Waals surface area contributed by atoms with Crippen molar-refractivity contribution in [3.8, 4) is 11.3 Å². The monoisotopic (exact) mass is 338 g/mol. The summed E-state index contributed by atoms with van der Waals surface area (Å²) in [5.41, 5.74) is 2.53. The molecule has 0 radical (unpaired) electrons. The normalized spacial score (nSPS) is 10.5. The number of pyridine rings is 1. The molecule has 0 aliphatic heterocycles. The molecule has 0 aliphatic rings. The van der Waals surface area contributed by atoms with Crippen LogP contribution in [0, 0.1) is 6.92 Å². The van der Waals surface area contributed by atoms with Crippen LogP contribution in [0.5, 0.6) is 0 Å². The topological polar surface area (TPSA) is 97.0 Å². The first-order valence-corrected chi connectivity index (χ1v) is 7.70. The summed E-state index contributed by atoms with van der Waals surface area (Å²) in [5, 5.41) is 6.60. The first kappa shape index (κ1) is 16.6. The van der Waals surface area contributed by atoms with Gasteiger partial charge < -0.3 is 14.7 Å². The van der Waals surface area contributed by atoms with Gasteiger partial charge in [0.2, 0.25) is 5.95 Å². The summed E-state index contributed by atoms with van der Waals surface area (Å²) in [6.07, 6.45) is 3.31. The van der Waals surface area contributed by atoms with Crippen LogP contribution in [-0.2, 0) is 6.54 Å². The summed E-state index contributed by atoms with van der Waals surface area (Å²) in [6, 6.07) is 7.04. The highest BCUT2D eigenvalue weighted by molar-refractivity contribution is 5.92. The zero-order valence-corrected chi connectivity index (χ0v) is 14.2. The van der Waals surface area contributed by atoms with E-state index in [1.807, 2.05) is 38.1 Å². The molecular formula is C17H18N6O2. The maximum atomic E-state index is 12.3. The summed E-state index contributed by atoms with van der Waals surface area (Å²) in [5.74, 6) is 0.761. The molecule has 1 N–H and O–H groups in total. The van der Waals surface area contributed by atoms with Crippen molar-refractivity contribution in [3.63, 3.8) is 0 Å². The Balaban J connectivity index is 1.68. The van der Waals surface area contributed by atoms with Crippen molar-refractivity contribution in [2.45, 2.75) is 13.5 Å². The Bertz CT molecular complexity index is 876. The number of amides is 1. The third-order valence-corrected chi connectivity index (χ3v) is 3.41. The molecular weight excluding hydrogens is 320 g/mol. The molecule has 0 aromatic carbocycles. The lowest BCUT2D eigenvalue weighted by atomic mass is 10.2. The molecule has 0 bridgehead atoms. The smallest absolute Gasteiger partial charge is 0.273 e. The highest BCUT2D eigenvalue weighted by Gasteiger charge is 2.14. The minimum atomic E-state index is -0.332. The molecule has 0 saturated heterocycles. The molecule has 8 heteroatoms. The van der Waals surface area contributed by atoms with E-state index in [2.05, 4.69) is 25.4 Å². The van der Waals surface area contributed by atoms with Crippen LogP contribution >= 0.6 is 0 Å². The van der Waals surface area contributed by atoms with E-state index in [0.29, 0.717) is 11.7 Å². The molecule has 3 aromatic rings. The SMILES string of the molecule is Cc1cc(CNC(=O)c2cc(-c3cccnc3)on2)nc(N(C)C)n1. The second-order valence-corrected chi connectivity index (χ2v) is 5.70. The molecule has 3 heterocycles. The van der Waals surface area contributed by atoms with E-state index in [-0.39, 0.29) is 18.1 Å². The van der Waals surface area contributed by atoms with Crippen molar-refractivity contribution in [3.05, 3.63) is 53.7 Å². The highest BCUT2D eigenvalue weighted by atomic mass is 16.5. The van der Waals surface area contributed by atoms with Gasteiger partial charge in [-0.3, -0.25) is 9.78 Å². The summed E-state index contributed by atoms with van der Waals surface area (Å²) in [4.78, 5) is 26.8. The number of carbonyl (C=O) groups excluding carboxylic acids is 1. The summed E-state index contributed by atoms with van der Waals surface area (Å²) >= 11 is 0. The number of rotatable bonds is 5. The van der Waals surface area contributed by atoms with Gasteiger partial charge in [-0.1, -0.05) is 5.16 Å². The Morgan fingerprint density at radius 3 is 2.84 bits per heavy atom. The number of hydrogen-bond acceptors (Lipinski definition) is 7. The molecule has 3 rings (SSSR count). The lowest BCUT2D eigenvalue weighted by molar-refractivity contribution is 0.0941. The number of carbonyl (C=O) groups is 1. The maximum Gasteiger partial charge on any atom is 0.273 e. The molecule has 1 amide bonds. The van der Waals surface area contributed by atoms with Crippen LogP contribution in [0.1, 0.15) is 21.9 Å². The van der Waals surface area contributed by atoms with Crippen molar-refractivity contribution in [2.75, 3.05) is 19.0 Å². The van der Waals surface area contributed by atoms with E-state index in [4.69, 9.17) is 4.52 Å². The quantitative estimate of drug-likeness (QED) is 0.758. The van der Waals surface area contributed by atoms with Gasteiger partial charge in [0.25, 0.3) is 5.91 Å². The average Bonchev–Trinajstić information content (AvgIpc) is 3.10. The average molecular weight is 338 g/mol. The fraction of sp³-hybridized carbons (Fsp3) is 0.235. The fourth-order valence-corrected chi connectivity index (χ4v) is 2.20. The van der Waals surface area contributed by atoms with Crippen molar-refractivity contribution in [2.24, 2.45) is 0 Å². The van der Waals surface area contributed by atoms with Gasteiger partial charge in [0, 0.05) is 43.8 Å². The summed E-state index contributed by atoms with van der Waals surface area (Å²) in [6.45, 7) is 2.16. The van der Waals surface area contributed by atoms with E-state index in [0.717, 1.165) is 17.0 Å². The number of aromatic nitrogens is 4. The molecule has 0 aliphatic carbocycles. The third kappa shape index (κ3) is 3.97. The standard InChI is InChI=1S/C17H18N6O2/c1-11-7-13(21-17(20-11)23(2)3)10-19-16(24)14-8-15(25-22-14)12-5-4-6-18-9-12/h4-9H,10H2,1-3H3,(H,19,24). The van der Waals surface area contributed by atoms with Gasteiger partial charge in [-0.2, -0.15) is 0 Å². The van der Waals surface area contributed by atoms with E-state index in [9.17, 15) is 4.79 Å². The number of nitrogens with zero attached hydrogens (tertiary/aromatic N) is 5. The third-order valence-electron chi connectivity index (χ3n) is 3.41. The summed E-state index contributed by atoms with van der Waals surface area (Å²) < 4.78 is 5.21. The summed E-state index contributed by atoms with van der Waals surface area (Å²) in [7, 11) is 3.74. The van der Waals surface area contributed by atoms with Gasteiger partial charge in [0.1, 0.15) is 0 Å². The van der Waals surface area contributed by atoms with Gasteiger partial charge in [-0.15, -0.1) is 0 Å². The maximum absolute atomic E-state index is 12.3. The molecule has 0 unspecified atom stereocenters. The van der Waals surface area contributed by atoms with Crippen molar-refractivity contribution >= 4 is 11.9 Å². The first-order chi connectivity index (χ1) is 12.0. The van der Waals surface area contributed by atoms with Crippen LogP contribution in [0.3, 0.4) is 0 Å². The van der Waals surface area contributed by atoms with E-state index < -0.39 is 0 Å². The lowest BCUT2D eigenvalue weighted by Crippen LogP contribution is -2.24. The minimum Gasteiger partial charge on any atom is -0.355 e. The first-order valence-electron chi connectivity index (χ1n) is 7.70. The lowest BCUT2D eigenvalue weighted by Gasteiger charge is -2.12. The van der Waals surface area contributed by atoms with Crippen LogP contribution in [0.25, 0.3) is 11.3 Å². The van der Waals surface area contributed by atoms with Crippen molar-refractivity contribution < 1.29 is 9.32 Å². The van der Waals surface area contributed by atoms with Gasteiger partial charge in [0.15, 0.2) is 11.5 Å². The molecule has 25 heavy (non-hydrogen) atoms. The Morgan fingerprint density at radius 1 is 1.28 bits per heavy atom. The van der Waals surface area contributed by atoms with Gasteiger partial charge >= 0.3 is 0 Å². The Labute approximate surface area is 144 Å². The van der Waals surface area contributed by atoms with E-state index in [1.165, 1.54) is 0 Å². The Morgan fingerprint density at radius 2 is 2.12 bits per heavy atom. The van der Waals surface area contributed by atoms with Crippen LogP contribution in [0.2, 0.25) is 0 Å². The number of hydrogen-bond donors (Lipinski definition) is 1. The van der Waals surface area contributed by atoms with E-state index >= 15 is 0 Å². The molecule has 0 spiro atoms. The number of nitrogens with one attached hydrogen (secondary N) is 1. The fourth-order valence-electron chi connectivity index (χ4n) is 2.20. The van der Waals surface area contributed by atoms with Crippen molar-refractivity contribution in [1.29, 1.82) is 0 Å². The molecule has 0 saturated carbocycles. The van der Waals surface area contributed by atoms with Crippen LogP contribution in [0.4, 0.5) is 5.95 Å². The second kappa shape index (κ2) is 7.08. The Kier molecular flexibility index (Phi) is 4.69. The van der Waals surface area contributed by atoms with Crippen LogP contribution in [0.15, 0.2) is 41.2 Å². The molecule has 128 valence electrons. The largest absolute Gasteiger partial charge is 0.355 e. The van der Waals surface area contributed by atoms with Crippen LogP contribution < -0.4 is 10.2 Å². The van der Waals surface area contributed by atoms with Crippen molar-refractivity contribution in [1.82, 2.24) is 25.4 Å². The molecule has 3 aromatic heterocycles. The second-order valence-electron chi connectivity index (χ2n) is 5.70. The molecule has 0 atom stereocenters. The predicted octanol–water partition coefficient (Wildman–Crippen LogP) is 1.83. The zero-order chi connectivity index (χ0) is 17.8. The number of anilines is 1. The van der Waals surface area contributed by atoms with Gasteiger partial charge in [0.05, 0.1) is 12.2 Å². The van der Waals surface area contributed by atoms with Gasteiger partial charge in [-0.25, -0.2) is 9.97 Å². The van der Waals surface area contributed by atoms with E-state index in [1.54, 1.807) is 24.5 Å². The Hall–Kier alpha value is -3.29. The molecule has 8 nitrogen and oxygen atoms in total. The number of aryl methyl sites for hydroxylation is 1. The zero-order valence-electron chi connectivity index (χ0n) is 14.2. The highest BCUT2D eigenvalue weighted by Crippen LogP contribution is 2.18. The molecule has 0 fully saturated rings. The minimum absolute atomic E-state index is 0.206. The predicted molar refractivity (Wildman–Crippen MR) is 92.0 cm³/mol. The van der Waals surface area contributed by atoms with Crippen LogP contribution in [-0.4, -0.2) is 40.1 Å². The van der Waals surface area contributed by atoms with Gasteiger partial charge in [-0.05, 0) is 25.1 Å².